The van der Waals surface area contributed by atoms with Crippen molar-refractivity contribution in [3.63, 3.8) is 0 Å². The molecular formula is C14H30N4O2S. The van der Waals surface area contributed by atoms with Crippen LogP contribution in [0.1, 0.15) is 32.6 Å². The SMILES string of the molecule is CNCC1CCCCN1S(=O)(=O)NC1CCN(C)CC1C. The number of hydrogen-bond donors (Lipinski definition) is 2. The third kappa shape index (κ3) is 4.39. The number of nitrogens with zero attached hydrogens (tertiary/aromatic N) is 2. The van der Waals surface area contributed by atoms with Gasteiger partial charge in [-0.3, -0.25) is 0 Å². The molecule has 0 amide bonds. The summed E-state index contributed by atoms with van der Waals surface area (Å²) in [7, 11) is 0.593. The van der Waals surface area contributed by atoms with Crippen LogP contribution in [0.25, 0.3) is 0 Å². The van der Waals surface area contributed by atoms with Crippen molar-refractivity contribution >= 4 is 10.2 Å². The molecule has 21 heavy (non-hydrogen) atoms. The van der Waals surface area contributed by atoms with Gasteiger partial charge in [0.15, 0.2) is 0 Å². The summed E-state index contributed by atoms with van der Waals surface area (Å²) in [5, 5.41) is 3.12. The Morgan fingerprint density at radius 1 is 1.19 bits per heavy atom. The fourth-order valence-electron chi connectivity index (χ4n) is 3.52. The summed E-state index contributed by atoms with van der Waals surface area (Å²) < 4.78 is 30.1. The molecule has 2 aliphatic rings. The third-order valence-corrected chi connectivity index (χ3v) is 6.43. The molecule has 0 aromatic carbocycles. The van der Waals surface area contributed by atoms with E-state index in [1.54, 1.807) is 4.31 Å². The van der Waals surface area contributed by atoms with Gasteiger partial charge in [-0.05, 0) is 45.8 Å². The third-order valence-electron chi connectivity index (χ3n) is 4.73. The minimum absolute atomic E-state index is 0.0587. The summed E-state index contributed by atoms with van der Waals surface area (Å²) in [5.74, 6) is 0.353. The monoisotopic (exact) mass is 318 g/mol. The van der Waals surface area contributed by atoms with Gasteiger partial charge in [0.25, 0.3) is 10.2 Å². The zero-order chi connectivity index (χ0) is 15.5. The van der Waals surface area contributed by atoms with Crippen molar-refractivity contribution in [2.75, 3.05) is 40.3 Å². The molecule has 0 bridgehead atoms. The Morgan fingerprint density at radius 2 is 1.95 bits per heavy atom. The van der Waals surface area contributed by atoms with Gasteiger partial charge in [0, 0.05) is 31.7 Å². The smallest absolute Gasteiger partial charge is 0.280 e. The summed E-state index contributed by atoms with van der Waals surface area (Å²) >= 11 is 0. The van der Waals surface area contributed by atoms with E-state index in [9.17, 15) is 8.42 Å². The number of likely N-dealkylation sites (tertiary alicyclic amines) is 1. The fourth-order valence-corrected chi connectivity index (χ4v) is 5.33. The molecule has 3 unspecified atom stereocenters. The van der Waals surface area contributed by atoms with Gasteiger partial charge < -0.3 is 10.2 Å². The number of hydrogen-bond acceptors (Lipinski definition) is 4. The maximum Gasteiger partial charge on any atom is 0.280 e. The number of piperidine rings is 2. The van der Waals surface area contributed by atoms with Crippen LogP contribution in [-0.4, -0.2) is 70.0 Å². The van der Waals surface area contributed by atoms with E-state index in [0.717, 1.165) is 45.3 Å². The minimum Gasteiger partial charge on any atom is -0.318 e. The zero-order valence-corrected chi connectivity index (χ0v) is 14.3. The first-order chi connectivity index (χ1) is 9.94. The van der Waals surface area contributed by atoms with Crippen LogP contribution in [0.2, 0.25) is 0 Å². The van der Waals surface area contributed by atoms with E-state index in [4.69, 9.17) is 0 Å². The summed E-state index contributed by atoms with van der Waals surface area (Å²) in [4.78, 5) is 2.26. The van der Waals surface area contributed by atoms with Gasteiger partial charge in [-0.1, -0.05) is 13.3 Å². The predicted octanol–water partition coefficient (Wildman–Crippen LogP) is 0.235. The van der Waals surface area contributed by atoms with Crippen LogP contribution < -0.4 is 10.0 Å². The van der Waals surface area contributed by atoms with Crippen molar-refractivity contribution in [1.29, 1.82) is 0 Å². The van der Waals surface area contributed by atoms with Crippen molar-refractivity contribution in [3.05, 3.63) is 0 Å². The van der Waals surface area contributed by atoms with E-state index in [-0.39, 0.29) is 12.1 Å². The van der Waals surface area contributed by atoms with Crippen molar-refractivity contribution in [3.8, 4) is 0 Å². The van der Waals surface area contributed by atoms with Gasteiger partial charge in [0.2, 0.25) is 0 Å². The predicted molar refractivity (Wildman–Crippen MR) is 85.4 cm³/mol. The Kier molecular flexibility index (Phi) is 6.02. The Balaban J connectivity index is 2.02. The van der Waals surface area contributed by atoms with Gasteiger partial charge in [-0.2, -0.15) is 17.4 Å². The van der Waals surface area contributed by atoms with E-state index in [1.165, 1.54) is 0 Å². The Hall–Kier alpha value is -0.210. The average Bonchev–Trinajstić information content (AvgIpc) is 2.43. The molecule has 2 N–H and O–H groups in total. The average molecular weight is 318 g/mol. The highest BCUT2D eigenvalue weighted by atomic mass is 32.2. The number of nitrogens with one attached hydrogen (secondary N) is 2. The van der Waals surface area contributed by atoms with E-state index in [0.29, 0.717) is 12.5 Å². The van der Waals surface area contributed by atoms with Crippen molar-refractivity contribution in [2.24, 2.45) is 5.92 Å². The van der Waals surface area contributed by atoms with E-state index >= 15 is 0 Å². The normalized spacial score (nSPS) is 33.2. The molecule has 2 aliphatic heterocycles. The van der Waals surface area contributed by atoms with Crippen molar-refractivity contribution < 1.29 is 8.42 Å². The molecule has 2 rings (SSSR count). The minimum atomic E-state index is -3.38. The lowest BCUT2D eigenvalue weighted by atomic mass is 9.95. The van der Waals surface area contributed by atoms with Crippen LogP contribution in [0.3, 0.4) is 0 Å². The second kappa shape index (κ2) is 7.37. The molecule has 2 fully saturated rings. The molecule has 0 aromatic heterocycles. The number of likely N-dealkylation sites (N-methyl/N-ethyl adjacent to an activating group) is 1. The lowest BCUT2D eigenvalue weighted by molar-refractivity contribution is 0.183. The molecule has 3 atom stereocenters. The van der Waals surface area contributed by atoms with Crippen LogP contribution in [0.5, 0.6) is 0 Å². The molecule has 124 valence electrons. The van der Waals surface area contributed by atoms with Gasteiger partial charge in [-0.15, -0.1) is 0 Å². The van der Waals surface area contributed by atoms with E-state index in [1.807, 2.05) is 7.05 Å². The Bertz CT molecular complexity index is 427. The Morgan fingerprint density at radius 3 is 2.62 bits per heavy atom. The first kappa shape index (κ1) is 17.1. The lowest BCUT2D eigenvalue weighted by Crippen LogP contribution is -2.57. The highest BCUT2D eigenvalue weighted by molar-refractivity contribution is 7.87. The van der Waals surface area contributed by atoms with Crippen LogP contribution in [0.4, 0.5) is 0 Å². The van der Waals surface area contributed by atoms with Crippen molar-refractivity contribution in [1.82, 2.24) is 19.2 Å². The Labute approximate surface area is 129 Å². The van der Waals surface area contributed by atoms with Gasteiger partial charge in [0.1, 0.15) is 0 Å². The maximum atomic E-state index is 12.7. The quantitative estimate of drug-likeness (QED) is 0.762. The first-order valence-electron chi connectivity index (χ1n) is 8.06. The highest BCUT2D eigenvalue weighted by Crippen LogP contribution is 2.22. The molecule has 0 spiro atoms. The van der Waals surface area contributed by atoms with Gasteiger partial charge in [0.05, 0.1) is 0 Å². The molecular weight excluding hydrogens is 288 g/mol. The molecule has 6 nitrogen and oxygen atoms in total. The summed E-state index contributed by atoms with van der Waals surface area (Å²) in [5.41, 5.74) is 0. The van der Waals surface area contributed by atoms with E-state index in [2.05, 4.69) is 28.9 Å². The summed E-state index contributed by atoms with van der Waals surface area (Å²) in [6.07, 6.45) is 3.92. The van der Waals surface area contributed by atoms with Gasteiger partial charge in [-0.25, -0.2) is 0 Å². The molecule has 2 heterocycles. The van der Waals surface area contributed by atoms with Crippen LogP contribution >= 0.6 is 0 Å². The second-order valence-corrected chi connectivity index (χ2v) is 8.23. The topological polar surface area (TPSA) is 64.7 Å². The first-order valence-corrected chi connectivity index (χ1v) is 9.50. The summed E-state index contributed by atoms with van der Waals surface area (Å²) in [6, 6.07) is 0.145. The molecule has 2 saturated heterocycles. The highest BCUT2D eigenvalue weighted by Gasteiger charge is 2.35. The maximum absolute atomic E-state index is 12.7. The molecule has 0 aliphatic carbocycles. The zero-order valence-electron chi connectivity index (χ0n) is 13.5. The largest absolute Gasteiger partial charge is 0.318 e. The standard InChI is InChI=1S/C14H30N4O2S/c1-12-11-17(3)9-7-14(12)16-21(19,20)18-8-5-4-6-13(18)10-15-2/h12-16H,4-11H2,1-3H3. The second-order valence-electron chi connectivity index (χ2n) is 6.58. The van der Waals surface area contributed by atoms with Crippen LogP contribution in [-0.2, 0) is 10.2 Å². The molecule has 0 radical (unpaired) electrons. The fraction of sp³-hybridized carbons (Fsp3) is 1.00. The van der Waals surface area contributed by atoms with Crippen LogP contribution in [0, 0.1) is 5.92 Å². The molecule has 0 aromatic rings. The van der Waals surface area contributed by atoms with Crippen LogP contribution in [0.15, 0.2) is 0 Å². The van der Waals surface area contributed by atoms with Crippen molar-refractivity contribution in [2.45, 2.75) is 44.7 Å². The molecule has 0 saturated carbocycles. The van der Waals surface area contributed by atoms with E-state index < -0.39 is 10.2 Å². The number of rotatable bonds is 5. The molecule has 7 heteroatoms. The van der Waals surface area contributed by atoms with Gasteiger partial charge >= 0.3 is 0 Å². The lowest BCUT2D eigenvalue weighted by Gasteiger charge is -2.39. The summed E-state index contributed by atoms with van der Waals surface area (Å²) in [6.45, 7) is 5.40.